The van der Waals surface area contributed by atoms with Gasteiger partial charge < -0.3 is 4.74 Å². The van der Waals surface area contributed by atoms with E-state index in [1.54, 1.807) is 0 Å². The molecule has 0 fully saturated rings. The van der Waals surface area contributed by atoms with Crippen LogP contribution in [-0.4, -0.2) is 17.5 Å². The Morgan fingerprint density at radius 1 is 1.09 bits per heavy atom. The lowest BCUT2D eigenvalue weighted by Crippen LogP contribution is -2.07. The summed E-state index contributed by atoms with van der Waals surface area (Å²) in [6.07, 6.45) is 1.48. The molecule has 0 heterocycles. The summed E-state index contributed by atoms with van der Waals surface area (Å²) in [5, 5.41) is 11.2. The lowest BCUT2D eigenvalue weighted by Gasteiger charge is -2.05. The molecule has 0 aliphatic heterocycles. The van der Waals surface area contributed by atoms with E-state index in [1.807, 2.05) is 24.3 Å². The van der Waals surface area contributed by atoms with Crippen molar-refractivity contribution in [3.8, 4) is 0 Å². The van der Waals surface area contributed by atoms with Crippen LogP contribution in [0.4, 0.5) is 5.69 Å². The van der Waals surface area contributed by atoms with Crippen LogP contribution >= 0.6 is 11.6 Å². The molecule has 0 bridgehead atoms. The molecule has 0 unspecified atom stereocenters. The first-order chi connectivity index (χ1) is 10.6. The first-order valence-corrected chi connectivity index (χ1v) is 7.10. The van der Waals surface area contributed by atoms with Gasteiger partial charge >= 0.3 is 5.97 Å². The van der Waals surface area contributed by atoms with Crippen LogP contribution in [-0.2, 0) is 11.2 Å². The summed E-state index contributed by atoms with van der Waals surface area (Å²) in [5.41, 5.74) is 1.37. The molecule has 0 aromatic heterocycles. The zero-order valence-electron chi connectivity index (χ0n) is 11.7. The van der Waals surface area contributed by atoms with E-state index in [2.05, 4.69) is 0 Å². The summed E-state index contributed by atoms with van der Waals surface area (Å²) in [4.78, 5) is 21.8. The highest BCUT2D eigenvalue weighted by molar-refractivity contribution is 6.30. The van der Waals surface area contributed by atoms with Crippen molar-refractivity contribution in [2.75, 3.05) is 6.61 Å². The number of carbonyl (C=O) groups is 1. The summed E-state index contributed by atoms with van der Waals surface area (Å²) in [7, 11) is 0. The van der Waals surface area contributed by atoms with E-state index in [1.165, 1.54) is 24.3 Å². The largest absolute Gasteiger partial charge is 0.462 e. The van der Waals surface area contributed by atoms with Crippen LogP contribution in [0.1, 0.15) is 22.3 Å². The minimum absolute atomic E-state index is 0.0562. The average molecular weight is 320 g/mol. The molecule has 5 nitrogen and oxygen atoms in total. The monoisotopic (exact) mass is 319 g/mol. The van der Waals surface area contributed by atoms with Crippen molar-refractivity contribution in [2.24, 2.45) is 0 Å². The highest BCUT2D eigenvalue weighted by atomic mass is 35.5. The molecule has 0 atom stereocenters. The number of halogens is 1. The van der Waals surface area contributed by atoms with Gasteiger partial charge in [0.25, 0.3) is 5.69 Å². The molecule has 0 saturated heterocycles. The second kappa shape index (κ2) is 7.56. The lowest BCUT2D eigenvalue weighted by molar-refractivity contribution is -0.384. The maximum absolute atomic E-state index is 11.8. The molecule has 2 rings (SSSR count). The van der Waals surface area contributed by atoms with Gasteiger partial charge in [-0.1, -0.05) is 23.7 Å². The summed E-state index contributed by atoms with van der Waals surface area (Å²) >= 11 is 5.80. The highest BCUT2D eigenvalue weighted by Gasteiger charge is 2.10. The van der Waals surface area contributed by atoms with Crippen LogP contribution in [0, 0.1) is 10.1 Å². The molecule has 114 valence electrons. The van der Waals surface area contributed by atoms with E-state index < -0.39 is 10.9 Å². The topological polar surface area (TPSA) is 69.4 Å². The average Bonchev–Trinajstić information content (AvgIpc) is 2.53. The third-order valence-electron chi connectivity index (χ3n) is 3.07. The molecular formula is C16H14ClNO4. The zero-order chi connectivity index (χ0) is 15.9. The molecule has 0 aliphatic rings. The Hall–Kier alpha value is -2.40. The number of carbonyl (C=O) groups excluding carboxylic acids is 1. The Morgan fingerprint density at radius 2 is 1.73 bits per heavy atom. The van der Waals surface area contributed by atoms with Crippen LogP contribution in [0.5, 0.6) is 0 Å². The Kier molecular flexibility index (Phi) is 5.49. The number of hydrogen-bond acceptors (Lipinski definition) is 4. The van der Waals surface area contributed by atoms with Crippen molar-refractivity contribution in [1.29, 1.82) is 0 Å². The lowest BCUT2D eigenvalue weighted by atomic mass is 10.1. The van der Waals surface area contributed by atoms with Crippen LogP contribution in [0.3, 0.4) is 0 Å². The molecule has 0 spiro atoms. The van der Waals surface area contributed by atoms with E-state index in [-0.39, 0.29) is 5.69 Å². The van der Waals surface area contributed by atoms with E-state index >= 15 is 0 Å². The van der Waals surface area contributed by atoms with Gasteiger partial charge in [-0.15, -0.1) is 0 Å². The minimum Gasteiger partial charge on any atom is -0.462 e. The van der Waals surface area contributed by atoms with Crippen LogP contribution in [0.25, 0.3) is 0 Å². The Bertz CT molecular complexity index is 653. The molecule has 0 saturated carbocycles. The van der Waals surface area contributed by atoms with Gasteiger partial charge in [0.15, 0.2) is 0 Å². The number of hydrogen-bond donors (Lipinski definition) is 0. The van der Waals surface area contributed by atoms with E-state index in [9.17, 15) is 14.9 Å². The standard InChI is InChI=1S/C16H14ClNO4/c17-14-7-3-12(4-8-14)2-1-11-22-16(19)13-5-9-15(10-6-13)18(20)21/h3-10H,1-2,11H2. The van der Waals surface area contributed by atoms with Gasteiger partial charge in [-0.05, 0) is 42.7 Å². The van der Waals surface area contributed by atoms with Crippen molar-refractivity contribution < 1.29 is 14.5 Å². The molecular weight excluding hydrogens is 306 g/mol. The Labute approximate surface area is 132 Å². The molecule has 0 radical (unpaired) electrons. The second-order valence-electron chi connectivity index (χ2n) is 4.67. The fourth-order valence-corrected chi connectivity index (χ4v) is 2.02. The normalized spacial score (nSPS) is 10.2. The zero-order valence-corrected chi connectivity index (χ0v) is 12.5. The molecule has 22 heavy (non-hydrogen) atoms. The predicted molar refractivity (Wildman–Crippen MR) is 83.2 cm³/mol. The summed E-state index contributed by atoms with van der Waals surface area (Å²) < 4.78 is 5.14. The van der Waals surface area contributed by atoms with Gasteiger partial charge in [0, 0.05) is 17.2 Å². The molecule has 2 aromatic rings. The fourth-order valence-electron chi connectivity index (χ4n) is 1.89. The molecule has 6 heteroatoms. The van der Waals surface area contributed by atoms with E-state index in [0.717, 1.165) is 12.0 Å². The summed E-state index contributed by atoms with van der Waals surface area (Å²) in [5.74, 6) is -0.481. The SMILES string of the molecule is O=C(OCCCc1ccc(Cl)cc1)c1ccc([N+](=O)[O-])cc1. The number of rotatable bonds is 6. The fraction of sp³-hybridized carbons (Fsp3) is 0.188. The van der Waals surface area contributed by atoms with Gasteiger partial charge in [0.2, 0.25) is 0 Å². The summed E-state index contributed by atoms with van der Waals surface area (Å²) in [6.45, 7) is 0.290. The van der Waals surface area contributed by atoms with Crippen LogP contribution in [0.2, 0.25) is 5.02 Å². The molecule has 0 amide bonds. The first-order valence-electron chi connectivity index (χ1n) is 6.72. The maximum atomic E-state index is 11.8. The van der Waals surface area contributed by atoms with Crippen LogP contribution < -0.4 is 0 Å². The van der Waals surface area contributed by atoms with E-state index in [4.69, 9.17) is 16.3 Å². The smallest absolute Gasteiger partial charge is 0.338 e. The van der Waals surface area contributed by atoms with Crippen molar-refractivity contribution in [2.45, 2.75) is 12.8 Å². The third-order valence-corrected chi connectivity index (χ3v) is 3.32. The number of nitrogens with zero attached hydrogens (tertiary/aromatic N) is 1. The maximum Gasteiger partial charge on any atom is 0.338 e. The van der Waals surface area contributed by atoms with Crippen molar-refractivity contribution >= 4 is 23.3 Å². The van der Waals surface area contributed by atoms with Gasteiger partial charge in [-0.3, -0.25) is 10.1 Å². The highest BCUT2D eigenvalue weighted by Crippen LogP contribution is 2.13. The number of esters is 1. The molecule has 0 N–H and O–H groups in total. The number of ether oxygens (including phenoxy) is 1. The number of aryl methyl sites for hydroxylation is 1. The number of benzene rings is 2. The molecule has 0 aliphatic carbocycles. The number of nitro benzene ring substituents is 1. The quantitative estimate of drug-likeness (QED) is 0.349. The van der Waals surface area contributed by atoms with Crippen molar-refractivity contribution in [3.05, 3.63) is 74.8 Å². The van der Waals surface area contributed by atoms with Gasteiger partial charge in [-0.25, -0.2) is 4.79 Å². The Morgan fingerprint density at radius 3 is 2.32 bits per heavy atom. The van der Waals surface area contributed by atoms with Gasteiger partial charge in [0.1, 0.15) is 0 Å². The van der Waals surface area contributed by atoms with Crippen molar-refractivity contribution in [1.82, 2.24) is 0 Å². The minimum atomic E-state index is -0.513. The number of nitro groups is 1. The predicted octanol–water partition coefficient (Wildman–Crippen LogP) is 4.04. The van der Waals surface area contributed by atoms with Gasteiger partial charge in [0.05, 0.1) is 17.1 Å². The molecule has 2 aromatic carbocycles. The number of non-ortho nitro benzene ring substituents is 1. The first kappa shape index (κ1) is 16.0. The third kappa shape index (κ3) is 4.56. The van der Waals surface area contributed by atoms with Gasteiger partial charge in [-0.2, -0.15) is 0 Å². The van der Waals surface area contributed by atoms with Crippen molar-refractivity contribution in [3.63, 3.8) is 0 Å². The Balaban J connectivity index is 1.77. The van der Waals surface area contributed by atoms with Crippen LogP contribution in [0.15, 0.2) is 48.5 Å². The second-order valence-corrected chi connectivity index (χ2v) is 5.11. The summed E-state index contributed by atoms with van der Waals surface area (Å²) in [6, 6.07) is 12.8. The van der Waals surface area contributed by atoms with E-state index in [0.29, 0.717) is 23.6 Å².